The van der Waals surface area contributed by atoms with Crippen LogP contribution in [0.25, 0.3) is 11.1 Å². The molecule has 2 fully saturated rings. The summed E-state index contributed by atoms with van der Waals surface area (Å²) in [5, 5.41) is 13.8. The molecule has 1 aliphatic heterocycles. The maximum Gasteiger partial charge on any atom is 0.292 e. The van der Waals surface area contributed by atoms with Crippen LogP contribution in [0.4, 0.5) is 8.78 Å². The summed E-state index contributed by atoms with van der Waals surface area (Å²) in [5.74, 6) is -2.36. The third-order valence-corrected chi connectivity index (χ3v) is 7.00. The summed E-state index contributed by atoms with van der Waals surface area (Å²) in [7, 11) is 0. The summed E-state index contributed by atoms with van der Waals surface area (Å²) < 4.78 is 33.4. The quantitative estimate of drug-likeness (QED) is 0.300. The number of carbonyl (C=O) groups excluding carboxylic acids is 2. The van der Waals surface area contributed by atoms with Gasteiger partial charge < -0.3 is 20.1 Å². The molecule has 2 unspecified atom stereocenters. The average molecular weight is 521 g/mol. The number of amides is 1. The Hall–Kier alpha value is -3.62. The minimum absolute atomic E-state index is 0.0400. The van der Waals surface area contributed by atoms with Crippen molar-refractivity contribution in [1.29, 1.82) is 0 Å². The molecule has 0 radical (unpaired) electrons. The summed E-state index contributed by atoms with van der Waals surface area (Å²) in [5.41, 5.74) is 2.05. The molecule has 3 aromatic rings. The van der Waals surface area contributed by atoms with Crippen molar-refractivity contribution in [1.82, 2.24) is 10.2 Å². The second kappa shape index (κ2) is 11.4. The first kappa shape index (κ1) is 26.0. The maximum absolute atomic E-state index is 14.6. The second-order valence-electron chi connectivity index (χ2n) is 9.95. The van der Waals surface area contributed by atoms with Gasteiger partial charge >= 0.3 is 0 Å². The van der Waals surface area contributed by atoms with Crippen molar-refractivity contribution in [3.63, 3.8) is 0 Å². The zero-order valence-corrected chi connectivity index (χ0v) is 20.9. The van der Waals surface area contributed by atoms with E-state index in [4.69, 9.17) is 4.74 Å². The third kappa shape index (κ3) is 6.26. The molecule has 1 aliphatic carbocycles. The summed E-state index contributed by atoms with van der Waals surface area (Å²) in [6.45, 7) is 1.96. The Bertz CT molecular complexity index is 1290. The lowest BCUT2D eigenvalue weighted by Gasteiger charge is -2.28. The van der Waals surface area contributed by atoms with E-state index in [2.05, 4.69) is 10.2 Å². The van der Waals surface area contributed by atoms with Crippen LogP contribution in [0.5, 0.6) is 5.75 Å². The summed E-state index contributed by atoms with van der Waals surface area (Å²) in [6.07, 6.45) is 2.64. The molecule has 0 aromatic heterocycles. The highest BCUT2D eigenvalue weighted by Crippen LogP contribution is 2.31. The summed E-state index contributed by atoms with van der Waals surface area (Å²) in [6, 6.07) is 15.9. The Labute approximate surface area is 220 Å². The highest BCUT2D eigenvalue weighted by Gasteiger charge is 2.30. The Morgan fingerprint density at radius 3 is 2.18 bits per heavy atom. The molecule has 2 aliphatic rings. The number of rotatable bonds is 10. The van der Waals surface area contributed by atoms with Crippen molar-refractivity contribution < 1.29 is 28.2 Å². The maximum atomic E-state index is 14.6. The van der Waals surface area contributed by atoms with Crippen molar-refractivity contribution >= 4 is 11.7 Å². The highest BCUT2D eigenvalue weighted by molar-refractivity contribution is 6.42. The molecule has 1 amide bonds. The lowest BCUT2D eigenvalue weighted by atomic mass is 9.99. The predicted octanol–water partition coefficient (Wildman–Crippen LogP) is 4.67. The van der Waals surface area contributed by atoms with Crippen LogP contribution in [-0.4, -0.2) is 53.5 Å². The van der Waals surface area contributed by atoms with Gasteiger partial charge in [0.15, 0.2) is 11.6 Å². The minimum atomic E-state index is -1.22. The van der Waals surface area contributed by atoms with Crippen LogP contribution in [0.2, 0.25) is 0 Å². The Balaban J connectivity index is 1.29. The Morgan fingerprint density at radius 1 is 0.947 bits per heavy atom. The number of ether oxygens (including phenoxy) is 1. The van der Waals surface area contributed by atoms with E-state index in [1.54, 1.807) is 42.5 Å². The van der Waals surface area contributed by atoms with Crippen molar-refractivity contribution in [2.75, 3.05) is 19.6 Å². The molecule has 1 heterocycles. The number of aliphatic hydroxyl groups excluding tert-OH is 1. The molecule has 38 heavy (non-hydrogen) atoms. The fourth-order valence-electron chi connectivity index (χ4n) is 4.68. The number of benzene rings is 3. The number of hydrogen-bond donors (Lipinski definition) is 2. The first-order chi connectivity index (χ1) is 18.4. The van der Waals surface area contributed by atoms with Crippen LogP contribution in [0.3, 0.4) is 0 Å². The van der Waals surface area contributed by atoms with Crippen molar-refractivity contribution in [2.45, 2.75) is 43.9 Å². The van der Waals surface area contributed by atoms with E-state index in [9.17, 15) is 23.5 Å². The van der Waals surface area contributed by atoms with E-state index in [-0.39, 0.29) is 23.2 Å². The molecule has 6 nitrogen and oxygen atoms in total. The number of ketones is 1. The van der Waals surface area contributed by atoms with Crippen molar-refractivity contribution in [2.24, 2.45) is 0 Å². The fourth-order valence-corrected chi connectivity index (χ4v) is 4.68. The smallest absolute Gasteiger partial charge is 0.292 e. The molecule has 0 spiro atoms. The number of hydrogen-bond acceptors (Lipinski definition) is 5. The lowest BCUT2D eigenvalue weighted by Crippen LogP contribution is -2.48. The number of halogens is 2. The third-order valence-electron chi connectivity index (χ3n) is 7.00. The minimum Gasteiger partial charge on any atom is -0.487 e. The molecule has 198 valence electrons. The first-order valence-electron chi connectivity index (χ1n) is 12.9. The highest BCUT2D eigenvalue weighted by atomic mass is 19.1. The molecule has 0 bridgehead atoms. The van der Waals surface area contributed by atoms with Gasteiger partial charge in [0.05, 0.1) is 12.1 Å². The number of aliphatic hydroxyl groups is 1. The summed E-state index contributed by atoms with van der Waals surface area (Å²) >= 11 is 0. The Kier molecular flexibility index (Phi) is 7.81. The van der Waals surface area contributed by atoms with E-state index in [0.717, 1.165) is 49.9 Å². The molecular weight excluding hydrogens is 490 g/mol. The SMILES string of the molecule is O=C(NC(CN1CCCC1)C(O)c1ccc(OC2CC2)c(F)c1)C(=O)c1ccc(-c2ccc(F)cc2)cc1. The van der Waals surface area contributed by atoms with Gasteiger partial charge in [0, 0.05) is 12.1 Å². The number of Topliss-reactive ketones (excluding diaryl/α,β-unsaturated/α-hetero) is 1. The predicted molar refractivity (Wildman–Crippen MR) is 139 cm³/mol. The molecular formula is C30H30F2N2O4. The van der Waals surface area contributed by atoms with Gasteiger partial charge in [-0.2, -0.15) is 0 Å². The normalized spacial score (nSPS) is 17.1. The monoisotopic (exact) mass is 520 g/mol. The van der Waals surface area contributed by atoms with Crippen LogP contribution >= 0.6 is 0 Å². The van der Waals surface area contributed by atoms with E-state index in [1.165, 1.54) is 24.3 Å². The van der Waals surface area contributed by atoms with Gasteiger partial charge in [-0.1, -0.05) is 42.5 Å². The van der Waals surface area contributed by atoms with Gasteiger partial charge in [-0.15, -0.1) is 0 Å². The van der Waals surface area contributed by atoms with Gasteiger partial charge in [0.25, 0.3) is 5.91 Å². The number of likely N-dealkylation sites (tertiary alicyclic amines) is 1. The molecule has 8 heteroatoms. The molecule has 2 atom stereocenters. The molecule has 1 saturated heterocycles. The van der Waals surface area contributed by atoms with Crippen LogP contribution < -0.4 is 10.1 Å². The first-order valence-corrected chi connectivity index (χ1v) is 12.9. The standard InChI is InChI=1S/C30H30F2N2O4/c31-23-10-7-20(8-11-23)19-3-5-21(6-4-19)29(36)30(37)33-26(18-34-15-1-2-16-34)28(35)22-9-14-27(25(32)17-22)38-24-12-13-24/h3-11,14,17,24,26,28,35H,1-2,12-13,15-16,18H2,(H,33,37). The second-order valence-corrected chi connectivity index (χ2v) is 9.95. The van der Waals surface area contributed by atoms with Gasteiger partial charge in [-0.25, -0.2) is 8.78 Å². The number of carbonyl (C=O) groups is 2. The Morgan fingerprint density at radius 2 is 1.58 bits per heavy atom. The van der Waals surface area contributed by atoms with E-state index in [1.807, 2.05) is 0 Å². The van der Waals surface area contributed by atoms with Crippen LogP contribution in [-0.2, 0) is 4.79 Å². The molecule has 1 saturated carbocycles. The van der Waals surface area contributed by atoms with Crippen LogP contribution in [0, 0.1) is 11.6 Å². The van der Waals surface area contributed by atoms with Crippen molar-refractivity contribution in [3.05, 3.63) is 89.5 Å². The topological polar surface area (TPSA) is 78.9 Å². The van der Waals surface area contributed by atoms with E-state index < -0.39 is 29.7 Å². The lowest BCUT2D eigenvalue weighted by molar-refractivity contribution is -0.118. The summed E-state index contributed by atoms with van der Waals surface area (Å²) in [4.78, 5) is 28.0. The zero-order chi connectivity index (χ0) is 26.6. The molecule has 5 rings (SSSR count). The van der Waals surface area contributed by atoms with E-state index in [0.29, 0.717) is 12.1 Å². The van der Waals surface area contributed by atoms with Gasteiger partial charge in [0.1, 0.15) is 11.9 Å². The fraction of sp³-hybridized carbons (Fsp3) is 0.333. The number of nitrogens with one attached hydrogen (secondary N) is 1. The average Bonchev–Trinajstić information content (AvgIpc) is 3.60. The molecule has 2 N–H and O–H groups in total. The van der Waals surface area contributed by atoms with Crippen LogP contribution in [0.1, 0.15) is 47.7 Å². The zero-order valence-electron chi connectivity index (χ0n) is 20.9. The van der Waals surface area contributed by atoms with Gasteiger partial charge in [-0.3, -0.25) is 9.59 Å². The number of nitrogens with zero attached hydrogens (tertiary/aromatic N) is 1. The van der Waals surface area contributed by atoms with Gasteiger partial charge in [-0.05, 0) is 79.7 Å². The van der Waals surface area contributed by atoms with Crippen molar-refractivity contribution in [3.8, 4) is 16.9 Å². The largest absolute Gasteiger partial charge is 0.487 e. The van der Waals surface area contributed by atoms with Crippen LogP contribution in [0.15, 0.2) is 66.7 Å². The molecule has 3 aromatic carbocycles. The van der Waals surface area contributed by atoms with Gasteiger partial charge in [0.2, 0.25) is 5.78 Å². The van der Waals surface area contributed by atoms with E-state index >= 15 is 0 Å².